The molecule has 0 bridgehead atoms. The van der Waals surface area contributed by atoms with E-state index >= 15 is 0 Å². The Kier molecular flexibility index (Phi) is 9.29. The first-order valence-electron chi connectivity index (χ1n) is 5.55. The Morgan fingerprint density at radius 2 is 2.00 bits per heavy atom. The zero-order valence-corrected chi connectivity index (χ0v) is 9.50. The lowest BCUT2D eigenvalue weighted by Gasteiger charge is -2.21. The van der Waals surface area contributed by atoms with Gasteiger partial charge < -0.3 is 21.1 Å². The van der Waals surface area contributed by atoms with Crippen LogP contribution < -0.4 is 11.1 Å². The third-order valence-electron chi connectivity index (χ3n) is 2.30. The van der Waals surface area contributed by atoms with E-state index in [1.807, 2.05) is 0 Å². The number of likely N-dealkylation sites (N-methyl/N-ethyl adjacent to an activating group) is 1. The molecule has 0 radical (unpaired) electrons. The van der Waals surface area contributed by atoms with Crippen LogP contribution in [-0.4, -0.2) is 55.4 Å². The van der Waals surface area contributed by atoms with Crippen molar-refractivity contribution in [2.75, 3.05) is 39.3 Å². The van der Waals surface area contributed by atoms with E-state index in [1.54, 1.807) is 0 Å². The fourth-order valence-electron chi connectivity index (χ4n) is 1.34. The fourth-order valence-corrected chi connectivity index (χ4v) is 1.34. The number of aliphatic hydroxyl groups is 1. The van der Waals surface area contributed by atoms with Gasteiger partial charge in [-0.05, 0) is 32.6 Å². The fraction of sp³-hybridized carbons (Fsp3) is 1.00. The standard InChI is InChI=1S/C10H25N3O/c1-3-13(4-2)9-10(14)8-12-7-5-6-11/h10,12,14H,3-9,11H2,1-2H3. The van der Waals surface area contributed by atoms with Gasteiger partial charge in [0.25, 0.3) is 0 Å². The van der Waals surface area contributed by atoms with Gasteiger partial charge in [-0.25, -0.2) is 0 Å². The molecule has 0 saturated heterocycles. The summed E-state index contributed by atoms with van der Waals surface area (Å²) in [5, 5.41) is 12.8. The van der Waals surface area contributed by atoms with Crippen molar-refractivity contribution in [3.05, 3.63) is 0 Å². The Morgan fingerprint density at radius 3 is 2.50 bits per heavy atom. The average molecular weight is 203 g/mol. The minimum absolute atomic E-state index is 0.271. The van der Waals surface area contributed by atoms with E-state index in [4.69, 9.17) is 5.73 Å². The molecule has 0 aromatic carbocycles. The summed E-state index contributed by atoms with van der Waals surface area (Å²) in [7, 11) is 0. The summed E-state index contributed by atoms with van der Waals surface area (Å²) < 4.78 is 0. The molecule has 0 rings (SSSR count). The van der Waals surface area contributed by atoms with Gasteiger partial charge >= 0.3 is 0 Å². The number of nitrogens with zero attached hydrogens (tertiary/aromatic N) is 1. The molecule has 0 fully saturated rings. The summed E-state index contributed by atoms with van der Waals surface area (Å²) >= 11 is 0. The van der Waals surface area contributed by atoms with Crippen LogP contribution in [0.25, 0.3) is 0 Å². The number of hydrogen-bond acceptors (Lipinski definition) is 4. The van der Waals surface area contributed by atoms with Crippen molar-refractivity contribution in [1.29, 1.82) is 0 Å². The molecule has 0 aliphatic carbocycles. The first-order chi connectivity index (χ1) is 6.74. The minimum Gasteiger partial charge on any atom is -0.390 e. The van der Waals surface area contributed by atoms with Gasteiger partial charge in [0.05, 0.1) is 6.10 Å². The second-order valence-corrected chi connectivity index (χ2v) is 3.49. The van der Waals surface area contributed by atoms with Gasteiger partial charge in [-0.3, -0.25) is 0 Å². The van der Waals surface area contributed by atoms with E-state index in [1.165, 1.54) is 0 Å². The third kappa shape index (κ3) is 7.26. The zero-order chi connectivity index (χ0) is 10.8. The molecule has 0 spiro atoms. The van der Waals surface area contributed by atoms with Crippen LogP contribution in [0.4, 0.5) is 0 Å². The van der Waals surface area contributed by atoms with Crippen molar-refractivity contribution >= 4 is 0 Å². The van der Waals surface area contributed by atoms with Crippen LogP contribution >= 0.6 is 0 Å². The zero-order valence-electron chi connectivity index (χ0n) is 9.50. The van der Waals surface area contributed by atoms with Crippen LogP contribution in [0.2, 0.25) is 0 Å². The molecule has 1 unspecified atom stereocenters. The number of hydrogen-bond donors (Lipinski definition) is 3. The van der Waals surface area contributed by atoms with Crippen molar-refractivity contribution in [2.45, 2.75) is 26.4 Å². The smallest absolute Gasteiger partial charge is 0.0791 e. The predicted molar refractivity (Wildman–Crippen MR) is 60.3 cm³/mol. The van der Waals surface area contributed by atoms with Crippen LogP contribution in [0.1, 0.15) is 20.3 Å². The largest absolute Gasteiger partial charge is 0.390 e. The van der Waals surface area contributed by atoms with Crippen molar-refractivity contribution < 1.29 is 5.11 Å². The monoisotopic (exact) mass is 203 g/mol. The predicted octanol–water partition coefficient (Wildman–Crippen LogP) is -0.372. The maximum Gasteiger partial charge on any atom is 0.0791 e. The topological polar surface area (TPSA) is 61.5 Å². The average Bonchev–Trinajstić information content (AvgIpc) is 2.21. The summed E-state index contributed by atoms with van der Waals surface area (Å²) in [6.07, 6.45) is 0.700. The normalized spacial score (nSPS) is 13.5. The number of nitrogens with one attached hydrogen (secondary N) is 1. The van der Waals surface area contributed by atoms with Crippen LogP contribution in [0, 0.1) is 0 Å². The highest BCUT2D eigenvalue weighted by molar-refractivity contribution is 4.65. The van der Waals surface area contributed by atoms with Crippen molar-refractivity contribution in [1.82, 2.24) is 10.2 Å². The van der Waals surface area contributed by atoms with E-state index in [0.717, 1.165) is 32.6 Å². The second kappa shape index (κ2) is 9.40. The molecular weight excluding hydrogens is 178 g/mol. The third-order valence-corrected chi connectivity index (χ3v) is 2.30. The Hall–Kier alpha value is -0.160. The van der Waals surface area contributed by atoms with E-state index < -0.39 is 0 Å². The molecule has 0 saturated carbocycles. The number of nitrogens with two attached hydrogens (primary N) is 1. The summed E-state index contributed by atoms with van der Waals surface area (Å²) in [4.78, 5) is 2.22. The highest BCUT2D eigenvalue weighted by Gasteiger charge is 2.07. The van der Waals surface area contributed by atoms with Gasteiger partial charge in [0.2, 0.25) is 0 Å². The molecule has 1 atom stereocenters. The lowest BCUT2D eigenvalue weighted by molar-refractivity contribution is 0.117. The molecule has 4 nitrogen and oxygen atoms in total. The van der Waals surface area contributed by atoms with Gasteiger partial charge in [0.1, 0.15) is 0 Å². The van der Waals surface area contributed by atoms with Crippen molar-refractivity contribution in [3.63, 3.8) is 0 Å². The van der Waals surface area contributed by atoms with Gasteiger partial charge in [-0.15, -0.1) is 0 Å². The molecular formula is C10H25N3O. The Labute approximate surface area is 87.5 Å². The van der Waals surface area contributed by atoms with Crippen LogP contribution in [0.3, 0.4) is 0 Å². The molecule has 0 amide bonds. The number of rotatable bonds is 9. The Balaban J connectivity index is 3.38. The van der Waals surface area contributed by atoms with Gasteiger partial charge in [0, 0.05) is 13.1 Å². The molecule has 0 aliphatic rings. The molecule has 14 heavy (non-hydrogen) atoms. The van der Waals surface area contributed by atoms with E-state index in [9.17, 15) is 5.11 Å². The molecule has 4 N–H and O–H groups in total. The van der Waals surface area contributed by atoms with Gasteiger partial charge in [-0.1, -0.05) is 13.8 Å². The first kappa shape index (κ1) is 13.8. The molecule has 86 valence electrons. The molecule has 4 heteroatoms. The number of aliphatic hydroxyl groups excluding tert-OH is 1. The molecule has 0 aromatic heterocycles. The first-order valence-corrected chi connectivity index (χ1v) is 5.55. The summed E-state index contributed by atoms with van der Waals surface area (Å²) in [5.41, 5.74) is 5.36. The van der Waals surface area contributed by atoms with Gasteiger partial charge in [0.15, 0.2) is 0 Å². The molecule has 0 heterocycles. The highest BCUT2D eigenvalue weighted by atomic mass is 16.3. The second-order valence-electron chi connectivity index (χ2n) is 3.49. The van der Waals surface area contributed by atoms with Gasteiger partial charge in [-0.2, -0.15) is 0 Å². The quantitative estimate of drug-likeness (QED) is 0.447. The summed E-state index contributed by atoms with van der Waals surface area (Å²) in [5.74, 6) is 0. The van der Waals surface area contributed by atoms with Crippen LogP contribution in [-0.2, 0) is 0 Å². The van der Waals surface area contributed by atoms with E-state index in [-0.39, 0.29) is 6.10 Å². The van der Waals surface area contributed by atoms with Crippen molar-refractivity contribution in [2.24, 2.45) is 5.73 Å². The Bertz CT molecular complexity index is 118. The molecule has 0 aliphatic heterocycles. The Morgan fingerprint density at radius 1 is 1.36 bits per heavy atom. The van der Waals surface area contributed by atoms with Crippen LogP contribution in [0.5, 0.6) is 0 Å². The van der Waals surface area contributed by atoms with E-state index in [2.05, 4.69) is 24.1 Å². The lowest BCUT2D eigenvalue weighted by Crippen LogP contribution is -2.38. The van der Waals surface area contributed by atoms with E-state index in [0.29, 0.717) is 13.1 Å². The molecule has 0 aromatic rings. The minimum atomic E-state index is -0.271. The maximum atomic E-state index is 9.65. The van der Waals surface area contributed by atoms with Crippen molar-refractivity contribution in [3.8, 4) is 0 Å². The maximum absolute atomic E-state index is 9.65. The highest BCUT2D eigenvalue weighted by Crippen LogP contribution is 1.90. The summed E-state index contributed by atoms with van der Waals surface area (Å²) in [6, 6.07) is 0. The SMILES string of the molecule is CCN(CC)CC(O)CNCCCN. The lowest BCUT2D eigenvalue weighted by atomic mass is 10.3. The summed E-state index contributed by atoms with van der Waals surface area (Å²) in [6.45, 7) is 9.23. The van der Waals surface area contributed by atoms with Crippen LogP contribution in [0.15, 0.2) is 0 Å².